The third-order valence-electron chi connectivity index (χ3n) is 5.74. The van der Waals surface area contributed by atoms with Gasteiger partial charge >= 0.3 is 5.97 Å². The monoisotopic (exact) mass is 523 g/mol. The van der Waals surface area contributed by atoms with Gasteiger partial charge in [0.2, 0.25) is 17.7 Å². The summed E-state index contributed by atoms with van der Waals surface area (Å²) in [6.07, 6.45) is 0.897. The number of ether oxygens (including phenoxy) is 1. The summed E-state index contributed by atoms with van der Waals surface area (Å²) in [5.74, 6) is -2.05. The minimum atomic E-state index is -1.10. The van der Waals surface area contributed by atoms with Crippen molar-refractivity contribution in [2.24, 2.45) is 17.8 Å². The summed E-state index contributed by atoms with van der Waals surface area (Å²) in [5.41, 5.74) is 0.844. The molecule has 1 aromatic rings. The lowest BCUT2D eigenvalue weighted by molar-refractivity contribution is -0.142. The number of amides is 3. The van der Waals surface area contributed by atoms with Crippen molar-refractivity contribution in [2.75, 3.05) is 14.2 Å². The second-order valence-corrected chi connectivity index (χ2v) is 10.5. The van der Waals surface area contributed by atoms with Crippen LogP contribution in [0.1, 0.15) is 52.5 Å². The molecule has 1 aromatic carbocycles. The Morgan fingerprint density at radius 1 is 0.917 bits per heavy atom. The number of rotatable bonds is 15. The average molecular weight is 524 g/mol. The molecule has 1 rings (SSSR count). The Balaban J connectivity index is 2.97. The van der Waals surface area contributed by atoms with Gasteiger partial charge in [0.1, 0.15) is 17.8 Å². The van der Waals surface area contributed by atoms with Crippen LogP contribution >= 0.6 is 12.6 Å². The first kappa shape index (κ1) is 31.3. The second-order valence-electron chi connectivity index (χ2n) is 9.82. The molecule has 0 aromatic heterocycles. The van der Waals surface area contributed by atoms with Gasteiger partial charge in [-0.15, -0.1) is 0 Å². The minimum Gasteiger partial charge on any atom is -0.497 e. The highest BCUT2D eigenvalue weighted by molar-refractivity contribution is 7.81. The van der Waals surface area contributed by atoms with Crippen LogP contribution in [0.5, 0.6) is 5.75 Å². The fourth-order valence-electron chi connectivity index (χ4n) is 3.88. The van der Waals surface area contributed by atoms with Crippen LogP contribution in [0.3, 0.4) is 0 Å². The van der Waals surface area contributed by atoms with Gasteiger partial charge in [0.05, 0.1) is 13.0 Å². The van der Waals surface area contributed by atoms with Gasteiger partial charge in [0.25, 0.3) is 0 Å². The van der Waals surface area contributed by atoms with Crippen molar-refractivity contribution in [1.29, 1.82) is 0 Å². The lowest BCUT2D eigenvalue weighted by Crippen LogP contribution is -2.50. The number of methoxy groups -OCH3 is 1. The Morgan fingerprint density at radius 3 is 1.97 bits per heavy atom. The highest BCUT2D eigenvalue weighted by Gasteiger charge is 2.32. The molecule has 0 heterocycles. The SMILES string of the molecule is CNC(=O)C(Cc1ccc(OC)cc1)NC(=O)C(CC(C)C)C(S)CC(=O)N[C@H](CC(C)C)C(=O)O. The largest absolute Gasteiger partial charge is 0.497 e. The van der Waals surface area contributed by atoms with E-state index in [9.17, 15) is 24.3 Å². The number of hydrogen-bond acceptors (Lipinski definition) is 6. The number of benzene rings is 1. The highest BCUT2D eigenvalue weighted by Crippen LogP contribution is 2.23. The molecule has 3 unspecified atom stereocenters. The summed E-state index contributed by atoms with van der Waals surface area (Å²) in [6.45, 7) is 7.66. The standard InChI is InChI=1S/C26H41N3O6S/c1-15(2)11-19(22(36)14-23(30)28-21(26(33)34)12-16(3)4)24(31)29-20(25(32)27-5)13-17-7-9-18(35-6)10-8-17/h7-10,15-16,19-22,36H,11-14H2,1-6H3,(H,27,32)(H,28,30)(H,29,31)(H,33,34)/t19?,20?,21-,22?/m1/s1. The first-order valence-electron chi connectivity index (χ1n) is 12.2. The molecular formula is C26H41N3O6S. The Morgan fingerprint density at radius 2 is 1.50 bits per heavy atom. The van der Waals surface area contributed by atoms with E-state index >= 15 is 0 Å². The fraction of sp³-hybridized carbons (Fsp3) is 0.615. The van der Waals surface area contributed by atoms with Crippen LogP contribution in [0.4, 0.5) is 0 Å². The topological polar surface area (TPSA) is 134 Å². The Bertz CT molecular complexity index is 875. The summed E-state index contributed by atoms with van der Waals surface area (Å²) in [6, 6.07) is 5.40. The summed E-state index contributed by atoms with van der Waals surface area (Å²) in [5, 5.41) is 16.7. The Labute approximate surface area is 219 Å². The van der Waals surface area contributed by atoms with E-state index in [2.05, 4.69) is 28.6 Å². The molecule has 10 heteroatoms. The van der Waals surface area contributed by atoms with Crippen LogP contribution in [0.15, 0.2) is 24.3 Å². The van der Waals surface area contributed by atoms with E-state index in [1.165, 1.54) is 7.05 Å². The predicted molar refractivity (Wildman–Crippen MR) is 142 cm³/mol. The van der Waals surface area contributed by atoms with E-state index in [0.717, 1.165) is 5.56 Å². The van der Waals surface area contributed by atoms with Crippen molar-refractivity contribution in [3.8, 4) is 5.75 Å². The molecule has 9 nitrogen and oxygen atoms in total. The van der Waals surface area contributed by atoms with Crippen molar-refractivity contribution >= 4 is 36.3 Å². The zero-order valence-electron chi connectivity index (χ0n) is 22.0. The molecule has 0 fully saturated rings. The summed E-state index contributed by atoms with van der Waals surface area (Å²) in [7, 11) is 3.07. The molecule has 202 valence electrons. The Kier molecular flexibility index (Phi) is 13.4. The smallest absolute Gasteiger partial charge is 0.326 e. The minimum absolute atomic E-state index is 0.0880. The van der Waals surface area contributed by atoms with Crippen LogP contribution in [-0.4, -0.2) is 60.3 Å². The van der Waals surface area contributed by atoms with Gasteiger partial charge < -0.3 is 25.8 Å². The van der Waals surface area contributed by atoms with Crippen LogP contribution in [-0.2, 0) is 25.6 Å². The number of aliphatic carboxylic acids is 1. The van der Waals surface area contributed by atoms with Crippen LogP contribution < -0.4 is 20.7 Å². The second kappa shape index (κ2) is 15.4. The predicted octanol–water partition coefficient (Wildman–Crippen LogP) is 2.43. The summed E-state index contributed by atoms with van der Waals surface area (Å²) in [4.78, 5) is 50.0. The zero-order valence-corrected chi connectivity index (χ0v) is 22.9. The number of hydrogen-bond donors (Lipinski definition) is 5. The molecule has 0 aliphatic rings. The average Bonchev–Trinajstić information content (AvgIpc) is 2.80. The molecule has 0 saturated carbocycles. The third kappa shape index (κ3) is 10.9. The molecule has 0 radical (unpaired) electrons. The molecule has 4 atom stereocenters. The number of carbonyl (C=O) groups excluding carboxylic acids is 3. The van der Waals surface area contributed by atoms with Crippen LogP contribution in [0.25, 0.3) is 0 Å². The number of likely N-dealkylation sites (N-methyl/N-ethyl adjacent to an activating group) is 1. The quantitative estimate of drug-likeness (QED) is 0.224. The van der Waals surface area contributed by atoms with Gasteiger partial charge in [-0.2, -0.15) is 12.6 Å². The fourth-order valence-corrected chi connectivity index (χ4v) is 4.31. The number of carboxylic acid groups (broad SMARTS) is 1. The molecule has 4 N–H and O–H groups in total. The molecule has 0 saturated heterocycles. The first-order chi connectivity index (χ1) is 16.9. The van der Waals surface area contributed by atoms with Gasteiger partial charge in [0, 0.05) is 25.1 Å². The van der Waals surface area contributed by atoms with Crippen LogP contribution in [0.2, 0.25) is 0 Å². The third-order valence-corrected chi connectivity index (χ3v) is 6.28. The van der Waals surface area contributed by atoms with Crippen molar-refractivity contribution < 1.29 is 29.0 Å². The summed E-state index contributed by atoms with van der Waals surface area (Å²) < 4.78 is 5.17. The molecule has 0 aliphatic heterocycles. The molecule has 0 bridgehead atoms. The van der Waals surface area contributed by atoms with Gasteiger partial charge in [-0.25, -0.2) is 4.79 Å². The lowest BCUT2D eigenvalue weighted by atomic mass is 9.90. The Hall–Kier alpha value is -2.75. The van der Waals surface area contributed by atoms with Crippen molar-refractivity contribution in [3.63, 3.8) is 0 Å². The summed E-state index contributed by atoms with van der Waals surface area (Å²) >= 11 is 4.56. The van der Waals surface area contributed by atoms with Gasteiger partial charge in [-0.1, -0.05) is 39.8 Å². The lowest BCUT2D eigenvalue weighted by Gasteiger charge is -2.27. The molecule has 36 heavy (non-hydrogen) atoms. The van der Waals surface area contributed by atoms with E-state index in [1.54, 1.807) is 19.2 Å². The van der Waals surface area contributed by atoms with Gasteiger partial charge in [0.15, 0.2) is 0 Å². The van der Waals surface area contributed by atoms with Crippen molar-refractivity contribution in [3.05, 3.63) is 29.8 Å². The van der Waals surface area contributed by atoms with Crippen LogP contribution in [0, 0.1) is 17.8 Å². The number of carbonyl (C=O) groups is 4. The van der Waals surface area contributed by atoms with Gasteiger partial charge in [-0.05, 0) is 42.4 Å². The van der Waals surface area contributed by atoms with Gasteiger partial charge in [-0.3, -0.25) is 14.4 Å². The van der Waals surface area contributed by atoms with E-state index in [1.807, 2.05) is 39.8 Å². The number of carboxylic acids is 1. The van der Waals surface area contributed by atoms with E-state index < -0.39 is 35.1 Å². The van der Waals surface area contributed by atoms with Crippen molar-refractivity contribution in [1.82, 2.24) is 16.0 Å². The van der Waals surface area contributed by atoms with Crippen molar-refractivity contribution in [2.45, 2.75) is 70.7 Å². The maximum absolute atomic E-state index is 13.3. The zero-order chi connectivity index (χ0) is 27.4. The number of nitrogens with one attached hydrogen (secondary N) is 3. The molecule has 3 amide bonds. The van der Waals surface area contributed by atoms with E-state index in [4.69, 9.17) is 4.74 Å². The molecule has 0 spiro atoms. The normalized spacial score (nSPS) is 14.5. The maximum Gasteiger partial charge on any atom is 0.326 e. The highest BCUT2D eigenvalue weighted by atomic mass is 32.1. The number of thiol groups is 1. The maximum atomic E-state index is 13.3. The van der Waals surface area contributed by atoms with E-state index in [-0.39, 0.29) is 36.5 Å². The molecule has 0 aliphatic carbocycles. The van der Waals surface area contributed by atoms with E-state index in [0.29, 0.717) is 18.6 Å². The molecular weight excluding hydrogens is 482 g/mol. The first-order valence-corrected chi connectivity index (χ1v) is 12.7.